The van der Waals surface area contributed by atoms with Crippen molar-refractivity contribution in [2.45, 2.75) is 0 Å². The van der Waals surface area contributed by atoms with Crippen LogP contribution < -0.4 is 0 Å². The first-order chi connectivity index (χ1) is 10.3. The van der Waals surface area contributed by atoms with Gasteiger partial charge in [-0.1, -0.05) is 18.2 Å². The van der Waals surface area contributed by atoms with Crippen LogP contribution in [-0.4, -0.2) is 47.8 Å². The number of rotatable bonds is 2. The van der Waals surface area contributed by atoms with Crippen molar-refractivity contribution in [1.29, 1.82) is 0 Å². The quantitative estimate of drug-likeness (QED) is 0.846. The van der Waals surface area contributed by atoms with Gasteiger partial charge in [0.1, 0.15) is 6.26 Å². The maximum atomic E-state index is 12.3. The van der Waals surface area contributed by atoms with Gasteiger partial charge in [-0.05, 0) is 18.2 Å². The average molecular weight is 284 g/mol. The number of piperazine rings is 1. The monoisotopic (exact) mass is 284 g/mol. The van der Waals surface area contributed by atoms with Crippen LogP contribution in [0, 0.1) is 0 Å². The Kier molecular flexibility index (Phi) is 3.73. The Morgan fingerprint density at radius 1 is 0.810 bits per heavy atom. The molecule has 1 aliphatic heterocycles. The molecule has 0 aliphatic carbocycles. The third kappa shape index (κ3) is 2.81. The van der Waals surface area contributed by atoms with E-state index in [1.807, 2.05) is 30.3 Å². The first kappa shape index (κ1) is 13.4. The molecule has 0 atom stereocenters. The molecule has 0 unspecified atom stereocenters. The van der Waals surface area contributed by atoms with Gasteiger partial charge in [-0.15, -0.1) is 0 Å². The fourth-order valence-corrected chi connectivity index (χ4v) is 2.44. The summed E-state index contributed by atoms with van der Waals surface area (Å²) in [6.45, 7) is 2.19. The Hall–Kier alpha value is -2.56. The third-order valence-electron chi connectivity index (χ3n) is 3.64. The van der Waals surface area contributed by atoms with Crippen LogP contribution in [0.15, 0.2) is 53.3 Å². The van der Waals surface area contributed by atoms with Crippen molar-refractivity contribution in [1.82, 2.24) is 9.80 Å². The van der Waals surface area contributed by atoms with Gasteiger partial charge in [0.2, 0.25) is 0 Å². The van der Waals surface area contributed by atoms with Crippen LogP contribution in [0.5, 0.6) is 0 Å². The highest BCUT2D eigenvalue weighted by Gasteiger charge is 2.25. The number of carbonyl (C=O) groups excluding carboxylic acids is 2. The number of furan rings is 1. The van der Waals surface area contributed by atoms with Crippen LogP contribution in [0.4, 0.5) is 0 Å². The Bertz CT molecular complexity index is 614. The summed E-state index contributed by atoms with van der Waals surface area (Å²) < 4.78 is 4.93. The Balaban J connectivity index is 1.60. The predicted molar refractivity (Wildman–Crippen MR) is 77.0 cm³/mol. The molecule has 0 spiro atoms. The molecule has 108 valence electrons. The maximum Gasteiger partial charge on any atom is 0.257 e. The summed E-state index contributed by atoms with van der Waals surface area (Å²) in [7, 11) is 0. The first-order valence-electron chi connectivity index (χ1n) is 6.91. The molecule has 0 bridgehead atoms. The Labute approximate surface area is 122 Å². The van der Waals surface area contributed by atoms with Crippen molar-refractivity contribution in [2.75, 3.05) is 26.2 Å². The van der Waals surface area contributed by atoms with Gasteiger partial charge in [0, 0.05) is 31.7 Å². The van der Waals surface area contributed by atoms with E-state index in [0.717, 1.165) is 0 Å². The maximum absolute atomic E-state index is 12.3. The lowest BCUT2D eigenvalue weighted by atomic mass is 10.1. The number of hydrogen-bond acceptors (Lipinski definition) is 3. The van der Waals surface area contributed by atoms with Gasteiger partial charge >= 0.3 is 0 Å². The zero-order valence-electron chi connectivity index (χ0n) is 11.6. The molecule has 1 aromatic carbocycles. The predicted octanol–water partition coefficient (Wildman–Crippen LogP) is 1.88. The third-order valence-corrected chi connectivity index (χ3v) is 3.64. The van der Waals surface area contributed by atoms with Gasteiger partial charge in [-0.2, -0.15) is 0 Å². The van der Waals surface area contributed by atoms with Crippen LogP contribution in [0.3, 0.4) is 0 Å². The van der Waals surface area contributed by atoms with Crippen molar-refractivity contribution in [2.24, 2.45) is 0 Å². The number of amides is 2. The lowest BCUT2D eigenvalue weighted by Crippen LogP contribution is -2.50. The summed E-state index contributed by atoms with van der Waals surface area (Å²) in [6, 6.07) is 10.9. The van der Waals surface area contributed by atoms with E-state index in [-0.39, 0.29) is 11.8 Å². The largest absolute Gasteiger partial charge is 0.472 e. The van der Waals surface area contributed by atoms with E-state index in [1.54, 1.807) is 15.9 Å². The minimum absolute atomic E-state index is 0.0195. The second-order valence-corrected chi connectivity index (χ2v) is 4.96. The Morgan fingerprint density at radius 2 is 1.38 bits per heavy atom. The second kappa shape index (κ2) is 5.83. The van der Waals surface area contributed by atoms with Crippen LogP contribution in [0.2, 0.25) is 0 Å². The average Bonchev–Trinajstić information content (AvgIpc) is 3.09. The van der Waals surface area contributed by atoms with Crippen molar-refractivity contribution in [3.63, 3.8) is 0 Å². The lowest BCUT2D eigenvalue weighted by Gasteiger charge is -2.34. The second-order valence-electron chi connectivity index (χ2n) is 4.96. The van der Waals surface area contributed by atoms with Crippen molar-refractivity contribution >= 4 is 11.8 Å². The van der Waals surface area contributed by atoms with Gasteiger partial charge in [0.25, 0.3) is 11.8 Å². The lowest BCUT2D eigenvalue weighted by molar-refractivity contribution is 0.0535. The van der Waals surface area contributed by atoms with E-state index in [1.165, 1.54) is 12.5 Å². The molecule has 0 saturated carbocycles. The summed E-state index contributed by atoms with van der Waals surface area (Å²) in [4.78, 5) is 28.0. The molecule has 5 nitrogen and oxygen atoms in total. The molecule has 2 heterocycles. The number of carbonyl (C=O) groups is 2. The molecule has 0 radical (unpaired) electrons. The fourth-order valence-electron chi connectivity index (χ4n) is 2.44. The van der Waals surface area contributed by atoms with Crippen molar-refractivity contribution < 1.29 is 14.0 Å². The van der Waals surface area contributed by atoms with Gasteiger partial charge in [0.05, 0.1) is 11.8 Å². The molecule has 21 heavy (non-hydrogen) atoms. The zero-order chi connectivity index (χ0) is 14.7. The van der Waals surface area contributed by atoms with Gasteiger partial charge in [-0.3, -0.25) is 9.59 Å². The van der Waals surface area contributed by atoms with Crippen LogP contribution in [0.1, 0.15) is 20.7 Å². The molecule has 5 heteroatoms. The number of benzene rings is 1. The molecular formula is C16H16N2O3. The fraction of sp³-hybridized carbons (Fsp3) is 0.250. The van der Waals surface area contributed by atoms with Gasteiger partial charge < -0.3 is 14.2 Å². The molecule has 2 aromatic rings. The molecule has 2 amide bonds. The summed E-state index contributed by atoms with van der Waals surface area (Å²) in [6.07, 6.45) is 2.94. The molecule has 3 rings (SSSR count). The number of hydrogen-bond donors (Lipinski definition) is 0. The number of nitrogens with zero attached hydrogens (tertiary/aromatic N) is 2. The molecule has 1 aliphatic rings. The van der Waals surface area contributed by atoms with E-state index < -0.39 is 0 Å². The van der Waals surface area contributed by atoms with Crippen LogP contribution in [-0.2, 0) is 0 Å². The highest BCUT2D eigenvalue weighted by molar-refractivity contribution is 5.95. The summed E-state index contributed by atoms with van der Waals surface area (Å²) >= 11 is 0. The molecule has 1 aromatic heterocycles. The van der Waals surface area contributed by atoms with Gasteiger partial charge in [0.15, 0.2) is 0 Å². The highest BCUT2D eigenvalue weighted by Crippen LogP contribution is 2.12. The molecular weight excluding hydrogens is 268 g/mol. The minimum Gasteiger partial charge on any atom is -0.472 e. The Morgan fingerprint density at radius 3 is 1.90 bits per heavy atom. The molecule has 1 fully saturated rings. The first-order valence-corrected chi connectivity index (χ1v) is 6.91. The van der Waals surface area contributed by atoms with Crippen LogP contribution >= 0.6 is 0 Å². The van der Waals surface area contributed by atoms with E-state index >= 15 is 0 Å². The van der Waals surface area contributed by atoms with Crippen molar-refractivity contribution in [3.05, 3.63) is 60.1 Å². The summed E-state index contributed by atoms with van der Waals surface area (Å²) in [5.41, 5.74) is 1.24. The molecule has 0 N–H and O–H groups in total. The normalized spacial score (nSPS) is 15.0. The van der Waals surface area contributed by atoms with Gasteiger partial charge in [-0.25, -0.2) is 0 Å². The molecule has 1 saturated heterocycles. The smallest absolute Gasteiger partial charge is 0.257 e. The van der Waals surface area contributed by atoms with E-state index in [4.69, 9.17) is 4.42 Å². The SMILES string of the molecule is O=C(c1ccccc1)N1CCN(C(=O)c2ccoc2)CC1. The summed E-state index contributed by atoms with van der Waals surface area (Å²) in [5, 5.41) is 0. The standard InChI is InChI=1S/C16H16N2O3/c19-15(13-4-2-1-3-5-13)17-7-9-18(10-8-17)16(20)14-6-11-21-12-14/h1-6,11-12H,7-10H2. The minimum atomic E-state index is -0.0458. The van der Waals surface area contributed by atoms with Crippen molar-refractivity contribution in [3.8, 4) is 0 Å². The summed E-state index contributed by atoms with van der Waals surface area (Å²) in [5.74, 6) is -0.0263. The van der Waals surface area contributed by atoms with Crippen LogP contribution in [0.25, 0.3) is 0 Å². The van der Waals surface area contributed by atoms with E-state index in [2.05, 4.69) is 0 Å². The van der Waals surface area contributed by atoms with E-state index in [0.29, 0.717) is 37.3 Å². The van der Waals surface area contributed by atoms with E-state index in [9.17, 15) is 9.59 Å². The topological polar surface area (TPSA) is 53.8 Å². The zero-order valence-corrected chi connectivity index (χ0v) is 11.6. The highest BCUT2D eigenvalue weighted by atomic mass is 16.3.